The largest absolute Gasteiger partial charge is 0.378 e. The van der Waals surface area contributed by atoms with Gasteiger partial charge in [0.1, 0.15) is 11.6 Å². The van der Waals surface area contributed by atoms with Gasteiger partial charge in [0, 0.05) is 45.6 Å². The molecule has 0 saturated carbocycles. The van der Waals surface area contributed by atoms with Crippen molar-refractivity contribution in [2.24, 2.45) is 10.9 Å². The molecule has 7 heteroatoms. The summed E-state index contributed by atoms with van der Waals surface area (Å²) >= 11 is 0. The molecule has 7 nitrogen and oxygen atoms in total. The molecule has 0 bridgehead atoms. The van der Waals surface area contributed by atoms with Gasteiger partial charge in [0.15, 0.2) is 5.96 Å². The molecule has 1 atom stereocenters. The minimum Gasteiger partial charge on any atom is -0.378 e. The third kappa shape index (κ3) is 7.41. The van der Waals surface area contributed by atoms with Crippen LogP contribution in [0.5, 0.6) is 0 Å². The van der Waals surface area contributed by atoms with E-state index in [-0.39, 0.29) is 0 Å². The number of hydrogen-bond donors (Lipinski definition) is 2. The summed E-state index contributed by atoms with van der Waals surface area (Å²) in [6.45, 7) is 12.9. The maximum Gasteiger partial charge on any atom is 0.191 e. The maximum atomic E-state index is 5.82. The topological polar surface area (TPSA) is 76.4 Å². The van der Waals surface area contributed by atoms with Crippen LogP contribution in [-0.2, 0) is 24.1 Å². The summed E-state index contributed by atoms with van der Waals surface area (Å²) in [5.41, 5.74) is 0. The number of aryl methyl sites for hydroxylation is 2. The predicted molar refractivity (Wildman–Crippen MR) is 115 cm³/mol. The van der Waals surface area contributed by atoms with Gasteiger partial charge in [-0.05, 0) is 45.4 Å². The number of rotatable bonds is 11. The Morgan fingerprint density at radius 3 is 2.79 bits per heavy atom. The van der Waals surface area contributed by atoms with Crippen LogP contribution in [-0.4, -0.2) is 53.1 Å². The van der Waals surface area contributed by atoms with E-state index >= 15 is 0 Å². The lowest BCUT2D eigenvalue weighted by molar-refractivity contribution is 0.0258. The zero-order chi connectivity index (χ0) is 20.2. The summed E-state index contributed by atoms with van der Waals surface area (Å²) < 4.78 is 8.16. The second kappa shape index (κ2) is 12.8. The van der Waals surface area contributed by atoms with Crippen LogP contribution in [0.4, 0.5) is 0 Å². The number of aromatic nitrogens is 3. The van der Waals surface area contributed by atoms with Crippen molar-refractivity contribution in [3.8, 4) is 0 Å². The highest BCUT2D eigenvalue weighted by Gasteiger charge is 2.14. The molecule has 0 fully saturated rings. The lowest BCUT2D eigenvalue weighted by Crippen LogP contribution is -2.39. The molecule has 1 aliphatic rings. The number of guanidine groups is 1. The van der Waals surface area contributed by atoms with Crippen LogP contribution in [0.1, 0.15) is 71.4 Å². The van der Waals surface area contributed by atoms with Gasteiger partial charge in [-0.15, -0.1) is 10.2 Å². The molecule has 1 aromatic rings. The molecule has 0 saturated heterocycles. The van der Waals surface area contributed by atoms with E-state index in [1.807, 2.05) is 0 Å². The van der Waals surface area contributed by atoms with Crippen molar-refractivity contribution in [3.05, 3.63) is 11.6 Å². The Balaban J connectivity index is 1.77. The Morgan fingerprint density at radius 1 is 1.18 bits per heavy atom. The van der Waals surface area contributed by atoms with E-state index in [1.165, 1.54) is 25.1 Å². The summed E-state index contributed by atoms with van der Waals surface area (Å²) in [4.78, 5) is 4.73. The molecule has 160 valence electrons. The van der Waals surface area contributed by atoms with Crippen molar-refractivity contribution in [3.63, 3.8) is 0 Å². The fourth-order valence-electron chi connectivity index (χ4n) is 3.66. The molecule has 28 heavy (non-hydrogen) atoms. The normalized spacial score (nSPS) is 16.0. The predicted octanol–water partition coefficient (Wildman–Crippen LogP) is 2.94. The number of ether oxygens (including phenoxy) is 1. The zero-order valence-corrected chi connectivity index (χ0v) is 18.3. The Bertz CT molecular complexity index is 583. The zero-order valence-electron chi connectivity index (χ0n) is 18.3. The number of fused-ring (bicyclic) bond motifs is 1. The molecule has 0 amide bonds. The van der Waals surface area contributed by atoms with Gasteiger partial charge >= 0.3 is 0 Å². The minimum atomic E-state index is 0.295. The number of hydrogen-bond acceptors (Lipinski definition) is 4. The van der Waals surface area contributed by atoms with E-state index in [0.717, 1.165) is 70.3 Å². The van der Waals surface area contributed by atoms with Gasteiger partial charge in [0.2, 0.25) is 0 Å². The van der Waals surface area contributed by atoms with Gasteiger partial charge in [-0.1, -0.05) is 20.3 Å². The number of nitrogens with one attached hydrogen (secondary N) is 2. The monoisotopic (exact) mass is 392 g/mol. The van der Waals surface area contributed by atoms with E-state index in [1.54, 1.807) is 0 Å². The number of aliphatic imine (C=N–C) groups is 1. The molecular weight excluding hydrogens is 352 g/mol. The van der Waals surface area contributed by atoms with Crippen molar-refractivity contribution in [1.82, 2.24) is 25.4 Å². The highest BCUT2D eigenvalue weighted by molar-refractivity contribution is 5.79. The van der Waals surface area contributed by atoms with E-state index in [9.17, 15) is 0 Å². The molecule has 0 aliphatic carbocycles. The van der Waals surface area contributed by atoms with Gasteiger partial charge in [0.05, 0.1) is 6.10 Å². The molecule has 2 heterocycles. The molecule has 1 aliphatic heterocycles. The summed E-state index contributed by atoms with van der Waals surface area (Å²) in [6.07, 6.45) is 8.05. The summed E-state index contributed by atoms with van der Waals surface area (Å²) in [5.74, 6) is 3.71. The molecule has 1 unspecified atom stereocenters. The number of nitrogens with zero attached hydrogens (tertiary/aromatic N) is 4. The summed E-state index contributed by atoms with van der Waals surface area (Å²) in [7, 11) is 0. The van der Waals surface area contributed by atoms with Crippen LogP contribution in [0.2, 0.25) is 0 Å². The van der Waals surface area contributed by atoms with Gasteiger partial charge in [-0.2, -0.15) is 0 Å². The molecule has 2 N–H and O–H groups in total. The fourth-order valence-corrected chi connectivity index (χ4v) is 3.66. The molecule has 0 radical (unpaired) electrons. The average Bonchev–Trinajstić information content (AvgIpc) is 2.90. The van der Waals surface area contributed by atoms with Crippen LogP contribution in [0.15, 0.2) is 4.99 Å². The Kier molecular flexibility index (Phi) is 10.3. The lowest BCUT2D eigenvalue weighted by Gasteiger charge is -2.21. The van der Waals surface area contributed by atoms with E-state index in [0.29, 0.717) is 12.0 Å². The summed E-state index contributed by atoms with van der Waals surface area (Å²) in [5, 5.41) is 15.6. The molecule has 0 spiro atoms. The first-order valence-electron chi connectivity index (χ1n) is 11.2. The summed E-state index contributed by atoms with van der Waals surface area (Å²) in [6, 6.07) is 0. The second-order valence-electron chi connectivity index (χ2n) is 7.81. The first-order chi connectivity index (χ1) is 13.7. The van der Waals surface area contributed by atoms with Crippen LogP contribution in [0, 0.1) is 5.92 Å². The maximum absolute atomic E-state index is 5.82. The van der Waals surface area contributed by atoms with Crippen molar-refractivity contribution >= 4 is 5.96 Å². The highest BCUT2D eigenvalue weighted by Crippen LogP contribution is 2.15. The first-order valence-corrected chi connectivity index (χ1v) is 11.2. The first kappa shape index (κ1) is 22.7. The molecule has 0 aromatic carbocycles. The van der Waals surface area contributed by atoms with Crippen LogP contribution < -0.4 is 10.6 Å². The van der Waals surface area contributed by atoms with Crippen molar-refractivity contribution in [1.29, 1.82) is 0 Å². The van der Waals surface area contributed by atoms with E-state index < -0.39 is 0 Å². The van der Waals surface area contributed by atoms with Crippen LogP contribution in [0.25, 0.3) is 0 Å². The Hall–Kier alpha value is -1.63. The van der Waals surface area contributed by atoms with Gasteiger partial charge in [-0.3, -0.25) is 4.99 Å². The van der Waals surface area contributed by atoms with E-state index in [2.05, 4.69) is 53.1 Å². The Labute approximate surface area is 170 Å². The molecule has 1 aromatic heterocycles. The molecular formula is C21H40N6O. The fraction of sp³-hybridized carbons (Fsp3) is 0.857. The van der Waals surface area contributed by atoms with Gasteiger partial charge < -0.3 is 19.9 Å². The standard InChI is InChI=1S/C21H40N6O/c1-5-22-21(24-15-13-18(17(3)4)28-6-2)23-14-10-12-20-26-25-19-11-8-7-9-16-27(19)20/h17-18H,5-16H2,1-4H3,(H2,22,23,24). The Morgan fingerprint density at radius 2 is 2.04 bits per heavy atom. The smallest absolute Gasteiger partial charge is 0.191 e. The van der Waals surface area contributed by atoms with Crippen molar-refractivity contribution in [2.45, 2.75) is 85.3 Å². The quantitative estimate of drug-likeness (QED) is 0.344. The lowest BCUT2D eigenvalue weighted by atomic mass is 10.0. The molecule has 2 rings (SSSR count). The van der Waals surface area contributed by atoms with Crippen molar-refractivity contribution < 1.29 is 4.74 Å². The van der Waals surface area contributed by atoms with Crippen LogP contribution >= 0.6 is 0 Å². The average molecular weight is 393 g/mol. The van der Waals surface area contributed by atoms with Crippen LogP contribution in [0.3, 0.4) is 0 Å². The van der Waals surface area contributed by atoms with Crippen molar-refractivity contribution in [2.75, 3.05) is 26.2 Å². The van der Waals surface area contributed by atoms with Gasteiger partial charge in [0.25, 0.3) is 0 Å². The SMILES string of the molecule is CCNC(=NCCCc1nnc2n1CCCCC2)NCCC(OCC)C(C)C. The third-order valence-corrected chi connectivity index (χ3v) is 5.20. The third-order valence-electron chi connectivity index (χ3n) is 5.20. The second-order valence-corrected chi connectivity index (χ2v) is 7.81. The highest BCUT2D eigenvalue weighted by atomic mass is 16.5. The van der Waals surface area contributed by atoms with Gasteiger partial charge in [-0.25, -0.2) is 0 Å². The minimum absolute atomic E-state index is 0.295. The van der Waals surface area contributed by atoms with E-state index in [4.69, 9.17) is 9.73 Å².